The number of carbonyl (C=O) groups excluding carboxylic acids is 1. The van der Waals surface area contributed by atoms with E-state index in [2.05, 4.69) is 26.5 Å². The first-order chi connectivity index (χ1) is 13.6. The number of hydrogen-bond donors (Lipinski definition) is 1. The molecular weight excluding hydrogens is 424 g/mol. The molecule has 0 unspecified atom stereocenters. The van der Waals surface area contributed by atoms with Crippen LogP contribution in [-0.4, -0.2) is 32.9 Å². The molecule has 0 heterocycles. The average molecular weight is 443 g/mol. The number of rotatable bonds is 7. The fourth-order valence-corrected chi connectivity index (χ4v) is 3.03. The van der Waals surface area contributed by atoms with E-state index in [1.165, 1.54) is 0 Å². The average Bonchev–Trinajstić information content (AvgIpc) is 2.72. The molecule has 3 aromatic carbocycles. The molecule has 0 aliphatic carbocycles. The third-order valence-electron chi connectivity index (χ3n) is 4.00. The number of carbonyl (C=O) groups is 1. The predicted octanol–water partition coefficient (Wildman–Crippen LogP) is 4.15. The van der Waals surface area contributed by atoms with Crippen LogP contribution >= 0.6 is 15.9 Å². The Bertz CT molecular complexity index is 1020. The molecular formula is C21H19BrN2O4. The predicted molar refractivity (Wildman–Crippen MR) is 112 cm³/mol. The van der Waals surface area contributed by atoms with Crippen LogP contribution in [0.4, 0.5) is 0 Å². The van der Waals surface area contributed by atoms with Crippen molar-refractivity contribution >= 4 is 38.8 Å². The summed E-state index contributed by atoms with van der Waals surface area (Å²) >= 11 is 3.36. The van der Waals surface area contributed by atoms with Crippen LogP contribution < -0.4 is 19.6 Å². The topological polar surface area (TPSA) is 69.2 Å². The first-order valence-corrected chi connectivity index (χ1v) is 9.25. The molecule has 0 saturated carbocycles. The minimum Gasteiger partial charge on any atom is -0.497 e. The number of nitrogens with one attached hydrogen (secondary N) is 1. The second-order valence-electron chi connectivity index (χ2n) is 5.81. The van der Waals surface area contributed by atoms with Crippen LogP contribution in [0.3, 0.4) is 0 Å². The van der Waals surface area contributed by atoms with Crippen molar-refractivity contribution in [3.63, 3.8) is 0 Å². The Labute approximate surface area is 171 Å². The van der Waals surface area contributed by atoms with Crippen molar-refractivity contribution in [2.45, 2.75) is 0 Å². The third kappa shape index (κ3) is 4.80. The van der Waals surface area contributed by atoms with E-state index in [0.29, 0.717) is 11.5 Å². The standard InChI is InChI=1S/C21H19BrN2O4/c1-26-16-8-6-14-7-9-20(27-2)19(18(14)11-16)12-23-24-21(25)13-28-17-5-3-4-15(22)10-17/h3-12H,13H2,1-2H3,(H,24,25)/b23-12+. The van der Waals surface area contributed by atoms with Crippen molar-refractivity contribution in [1.82, 2.24) is 5.43 Å². The fraction of sp³-hybridized carbons (Fsp3) is 0.143. The molecule has 0 spiro atoms. The van der Waals surface area contributed by atoms with Gasteiger partial charge in [-0.05, 0) is 47.2 Å². The van der Waals surface area contributed by atoms with Crippen LogP contribution in [0.1, 0.15) is 5.56 Å². The zero-order valence-electron chi connectivity index (χ0n) is 15.4. The largest absolute Gasteiger partial charge is 0.497 e. The molecule has 3 aromatic rings. The van der Waals surface area contributed by atoms with Gasteiger partial charge in [-0.15, -0.1) is 0 Å². The van der Waals surface area contributed by atoms with Crippen molar-refractivity contribution in [3.05, 3.63) is 64.6 Å². The lowest BCUT2D eigenvalue weighted by atomic mass is 10.0. The minimum atomic E-state index is -0.368. The zero-order valence-corrected chi connectivity index (χ0v) is 17.0. The van der Waals surface area contributed by atoms with Gasteiger partial charge in [-0.3, -0.25) is 4.79 Å². The summed E-state index contributed by atoms with van der Waals surface area (Å²) in [4.78, 5) is 12.0. The van der Waals surface area contributed by atoms with E-state index in [9.17, 15) is 4.79 Å². The summed E-state index contributed by atoms with van der Waals surface area (Å²) in [7, 11) is 3.20. The molecule has 0 saturated heterocycles. The van der Waals surface area contributed by atoms with Crippen LogP contribution in [-0.2, 0) is 4.79 Å². The minimum absolute atomic E-state index is 0.145. The van der Waals surface area contributed by atoms with Crippen molar-refractivity contribution < 1.29 is 19.0 Å². The van der Waals surface area contributed by atoms with Crippen LogP contribution in [0.5, 0.6) is 17.2 Å². The lowest BCUT2D eigenvalue weighted by Crippen LogP contribution is -2.24. The molecule has 7 heteroatoms. The molecule has 28 heavy (non-hydrogen) atoms. The monoisotopic (exact) mass is 442 g/mol. The summed E-state index contributed by atoms with van der Waals surface area (Å²) in [5, 5.41) is 5.96. The Balaban J connectivity index is 1.72. The van der Waals surface area contributed by atoms with Gasteiger partial charge in [0.25, 0.3) is 5.91 Å². The van der Waals surface area contributed by atoms with Gasteiger partial charge in [-0.2, -0.15) is 5.10 Å². The van der Waals surface area contributed by atoms with Crippen molar-refractivity contribution in [2.75, 3.05) is 20.8 Å². The van der Waals surface area contributed by atoms with Gasteiger partial charge < -0.3 is 14.2 Å². The number of hydrazone groups is 1. The normalized spacial score (nSPS) is 10.8. The van der Waals surface area contributed by atoms with E-state index in [1.54, 1.807) is 32.6 Å². The van der Waals surface area contributed by atoms with E-state index >= 15 is 0 Å². The summed E-state index contributed by atoms with van der Waals surface area (Å²) in [6.45, 7) is -0.145. The lowest BCUT2D eigenvalue weighted by Gasteiger charge is -2.10. The fourth-order valence-electron chi connectivity index (χ4n) is 2.65. The number of hydrogen-bond acceptors (Lipinski definition) is 5. The second kappa shape index (κ2) is 9.23. The Morgan fingerprint density at radius 3 is 2.64 bits per heavy atom. The molecule has 0 aromatic heterocycles. The molecule has 3 rings (SSSR count). The molecule has 144 valence electrons. The Kier molecular flexibility index (Phi) is 6.49. The number of amides is 1. The molecule has 0 radical (unpaired) electrons. The van der Waals surface area contributed by atoms with Gasteiger partial charge in [-0.25, -0.2) is 5.43 Å². The van der Waals surface area contributed by atoms with Crippen molar-refractivity contribution in [2.24, 2.45) is 5.10 Å². The SMILES string of the molecule is COc1ccc2ccc(OC)c(/C=N/NC(=O)COc3cccc(Br)c3)c2c1. The first-order valence-electron chi connectivity index (χ1n) is 8.45. The number of halogens is 1. The van der Waals surface area contributed by atoms with E-state index < -0.39 is 0 Å². The highest BCUT2D eigenvalue weighted by molar-refractivity contribution is 9.10. The van der Waals surface area contributed by atoms with E-state index in [4.69, 9.17) is 14.2 Å². The summed E-state index contributed by atoms with van der Waals surface area (Å²) in [6, 6.07) is 16.8. The summed E-state index contributed by atoms with van der Waals surface area (Å²) in [6.07, 6.45) is 1.55. The van der Waals surface area contributed by atoms with Crippen LogP contribution in [0.25, 0.3) is 10.8 Å². The third-order valence-corrected chi connectivity index (χ3v) is 4.49. The highest BCUT2D eigenvalue weighted by atomic mass is 79.9. The highest BCUT2D eigenvalue weighted by Crippen LogP contribution is 2.29. The summed E-state index contributed by atoms with van der Waals surface area (Å²) < 4.78 is 17.0. The Morgan fingerprint density at radius 2 is 1.89 bits per heavy atom. The molecule has 0 bridgehead atoms. The maximum atomic E-state index is 12.0. The van der Waals surface area contributed by atoms with Gasteiger partial charge in [0, 0.05) is 10.0 Å². The number of nitrogens with zero attached hydrogens (tertiary/aromatic N) is 1. The molecule has 0 aliphatic heterocycles. The Morgan fingerprint density at radius 1 is 1.07 bits per heavy atom. The van der Waals surface area contributed by atoms with Gasteiger partial charge in [0.15, 0.2) is 6.61 Å². The summed E-state index contributed by atoms with van der Waals surface area (Å²) in [5.74, 6) is 1.59. The maximum absolute atomic E-state index is 12.0. The van der Waals surface area contributed by atoms with Gasteiger partial charge in [0.2, 0.25) is 0 Å². The Hall–Kier alpha value is -3.06. The van der Waals surface area contributed by atoms with Crippen molar-refractivity contribution in [1.29, 1.82) is 0 Å². The first kappa shape index (κ1) is 19.7. The molecule has 0 fully saturated rings. The number of ether oxygens (including phenoxy) is 3. The van der Waals surface area contributed by atoms with E-state index in [0.717, 1.165) is 26.6 Å². The van der Waals surface area contributed by atoms with E-state index in [1.807, 2.05) is 42.5 Å². The molecule has 0 aliphatic rings. The number of fused-ring (bicyclic) bond motifs is 1. The molecule has 1 amide bonds. The number of methoxy groups -OCH3 is 2. The molecule has 0 atom stereocenters. The molecule has 1 N–H and O–H groups in total. The van der Waals surface area contributed by atoms with Gasteiger partial charge in [0.1, 0.15) is 17.2 Å². The number of benzene rings is 3. The lowest BCUT2D eigenvalue weighted by molar-refractivity contribution is -0.123. The van der Waals surface area contributed by atoms with E-state index in [-0.39, 0.29) is 12.5 Å². The quantitative estimate of drug-likeness (QED) is 0.440. The van der Waals surface area contributed by atoms with Crippen LogP contribution in [0.2, 0.25) is 0 Å². The van der Waals surface area contributed by atoms with Crippen molar-refractivity contribution in [3.8, 4) is 17.2 Å². The maximum Gasteiger partial charge on any atom is 0.277 e. The zero-order chi connectivity index (χ0) is 19.9. The van der Waals surface area contributed by atoms with Gasteiger partial charge in [-0.1, -0.05) is 34.1 Å². The summed E-state index contributed by atoms with van der Waals surface area (Å²) in [5.41, 5.74) is 3.21. The van der Waals surface area contributed by atoms with Gasteiger partial charge in [0.05, 0.1) is 20.4 Å². The van der Waals surface area contributed by atoms with Gasteiger partial charge >= 0.3 is 0 Å². The highest BCUT2D eigenvalue weighted by Gasteiger charge is 2.08. The molecule has 6 nitrogen and oxygen atoms in total. The van der Waals surface area contributed by atoms with Crippen LogP contribution in [0.15, 0.2) is 64.2 Å². The second-order valence-corrected chi connectivity index (χ2v) is 6.72. The van der Waals surface area contributed by atoms with Crippen LogP contribution in [0, 0.1) is 0 Å². The smallest absolute Gasteiger partial charge is 0.277 e.